The van der Waals surface area contributed by atoms with E-state index in [0.29, 0.717) is 5.84 Å². The second kappa shape index (κ2) is 8.32. The first-order valence-corrected chi connectivity index (χ1v) is 11.2. The van der Waals surface area contributed by atoms with Gasteiger partial charge in [0, 0.05) is 16.5 Å². The van der Waals surface area contributed by atoms with Gasteiger partial charge in [0.05, 0.1) is 5.56 Å². The first kappa shape index (κ1) is 19.9. The molecule has 1 aliphatic rings. The van der Waals surface area contributed by atoms with Crippen molar-refractivity contribution in [3.63, 3.8) is 0 Å². The molecule has 0 unspecified atom stereocenters. The van der Waals surface area contributed by atoms with Gasteiger partial charge in [-0.2, -0.15) is 4.67 Å². The van der Waals surface area contributed by atoms with Crippen LogP contribution in [0.5, 0.6) is 5.75 Å². The van der Waals surface area contributed by atoms with Crippen LogP contribution in [0, 0.1) is 0 Å². The van der Waals surface area contributed by atoms with Crippen molar-refractivity contribution in [3.05, 3.63) is 138 Å². The molecule has 0 aliphatic carbocycles. The highest BCUT2D eigenvalue weighted by Gasteiger charge is 2.33. The van der Waals surface area contributed by atoms with Crippen molar-refractivity contribution >= 4 is 28.0 Å². The summed E-state index contributed by atoms with van der Waals surface area (Å²) in [5.74, 6) is 0.957. The minimum Gasteiger partial charge on any atom is -0.508 e. The molecule has 6 rings (SSSR count). The highest BCUT2D eigenvalue weighted by atomic mass is 16.3. The van der Waals surface area contributed by atoms with Gasteiger partial charge >= 0.3 is 5.84 Å². The zero-order chi connectivity index (χ0) is 22.9. The molecule has 0 fully saturated rings. The van der Waals surface area contributed by atoms with Gasteiger partial charge in [-0.1, -0.05) is 91.0 Å². The van der Waals surface area contributed by atoms with E-state index in [-0.39, 0.29) is 5.75 Å². The van der Waals surface area contributed by atoms with Crippen LogP contribution >= 0.6 is 0 Å². The average Bonchev–Trinajstić information content (AvgIpc) is 3.35. The maximum Gasteiger partial charge on any atom is 0.424 e. The number of hydrogen-bond donors (Lipinski definition) is 1. The summed E-state index contributed by atoms with van der Waals surface area (Å²) in [6.45, 7) is 0. The highest BCUT2D eigenvalue weighted by molar-refractivity contribution is 6.57. The van der Waals surface area contributed by atoms with E-state index in [9.17, 15) is 5.11 Å². The second-order valence-corrected chi connectivity index (χ2v) is 8.23. The lowest BCUT2D eigenvalue weighted by atomic mass is 9.94. The second-order valence-electron chi connectivity index (χ2n) is 8.23. The first-order valence-electron chi connectivity index (χ1n) is 11.2. The monoisotopic (exact) mass is 437 g/mol. The average molecular weight is 438 g/mol. The zero-order valence-corrected chi connectivity index (χ0v) is 18.4. The van der Waals surface area contributed by atoms with Crippen molar-refractivity contribution in [2.24, 2.45) is 4.99 Å². The highest BCUT2D eigenvalue weighted by Crippen LogP contribution is 2.33. The molecule has 3 heteroatoms. The van der Waals surface area contributed by atoms with E-state index in [0.717, 1.165) is 50.0 Å². The summed E-state index contributed by atoms with van der Waals surface area (Å²) >= 11 is 0. The summed E-state index contributed by atoms with van der Waals surface area (Å²) in [5, 5.41) is 12.0. The molecule has 5 aromatic carbocycles. The van der Waals surface area contributed by atoms with Gasteiger partial charge in [-0.05, 0) is 51.8 Å². The lowest BCUT2D eigenvalue weighted by molar-refractivity contribution is 0.475. The van der Waals surface area contributed by atoms with Crippen LogP contribution in [0.2, 0.25) is 0 Å². The Morgan fingerprint density at radius 2 is 1.15 bits per heavy atom. The maximum absolute atomic E-state index is 9.78. The Balaban J connectivity index is 1.61. The number of phenols is 1. The molecular weight excluding hydrogens is 416 g/mol. The van der Waals surface area contributed by atoms with Crippen LogP contribution in [0.1, 0.15) is 16.7 Å². The predicted molar refractivity (Wildman–Crippen MR) is 141 cm³/mol. The van der Waals surface area contributed by atoms with Crippen molar-refractivity contribution in [2.45, 2.75) is 0 Å². The molecule has 0 bridgehead atoms. The van der Waals surface area contributed by atoms with E-state index in [4.69, 9.17) is 9.66 Å². The van der Waals surface area contributed by atoms with Crippen LogP contribution in [0.3, 0.4) is 0 Å². The molecule has 0 spiro atoms. The van der Waals surface area contributed by atoms with E-state index in [2.05, 4.69) is 60.7 Å². The molecule has 5 aromatic rings. The third-order valence-corrected chi connectivity index (χ3v) is 6.08. The van der Waals surface area contributed by atoms with Crippen LogP contribution in [-0.2, 0) is 0 Å². The molecule has 1 N–H and O–H groups in total. The molecule has 160 valence electrons. The van der Waals surface area contributed by atoms with Gasteiger partial charge in [0.25, 0.3) is 5.71 Å². The van der Waals surface area contributed by atoms with Crippen molar-refractivity contribution in [1.29, 1.82) is 0 Å². The molecule has 3 nitrogen and oxygen atoms in total. The smallest absolute Gasteiger partial charge is 0.424 e. The normalized spacial score (nSPS) is 12.9. The van der Waals surface area contributed by atoms with Crippen molar-refractivity contribution in [1.82, 2.24) is 4.67 Å². The Labute approximate surface area is 197 Å². The molecule has 1 heterocycles. The fraction of sp³-hybridized carbons (Fsp3) is 0. The largest absolute Gasteiger partial charge is 0.508 e. The fourth-order valence-electron chi connectivity index (χ4n) is 4.47. The fourth-order valence-corrected chi connectivity index (χ4v) is 4.47. The summed E-state index contributed by atoms with van der Waals surface area (Å²) in [4.78, 5) is 5.07. The van der Waals surface area contributed by atoms with Crippen LogP contribution in [0.25, 0.3) is 21.9 Å². The van der Waals surface area contributed by atoms with E-state index in [1.54, 1.807) is 12.1 Å². The Kier molecular flexibility index (Phi) is 4.88. The Hall–Kier alpha value is -4.72. The molecule has 0 saturated carbocycles. The zero-order valence-electron chi connectivity index (χ0n) is 18.4. The maximum atomic E-state index is 9.78. The lowest BCUT2D eigenvalue weighted by Gasteiger charge is -2.09. The van der Waals surface area contributed by atoms with Gasteiger partial charge in [-0.25, -0.2) is 0 Å². The van der Waals surface area contributed by atoms with Crippen molar-refractivity contribution < 1.29 is 5.11 Å². The lowest BCUT2D eigenvalue weighted by Crippen LogP contribution is -2.16. The molecule has 0 aromatic heterocycles. The number of benzene rings is 5. The molecule has 0 radical (unpaired) electrons. The number of fused-ring (bicyclic) bond motifs is 1. The van der Waals surface area contributed by atoms with E-state index in [1.807, 2.05) is 48.5 Å². The summed E-state index contributed by atoms with van der Waals surface area (Å²) < 4.78 is 5.07. The third-order valence-electron chi connectivity index (χ3n) is 6.08. The summed E-state index contributed by atoms with van der Waals surface area (Å²) in [7, 11) is 0. The van der Waals surface area contributed by atoms with Gasteiger partial charge in [0.15, 0.2) is 0 Å². The quantitative estimate of drug-likeness (QED) is 0.344. The van der Waals surface area contributed by atoms with Crippen LogP contribution in [0.4, 0.5) is 0 Å². The molecule has 0 saturated heterocycles. The summed E-state index contributed by atoms with van der Waals surface area (Å²) in [6.07, 6.45) is 0. The first-order chi connectivity index (χ1) is 16.8. The van der Waals surface area contributed by atoms with Crippen LogP contribution < -0.4 is 4.67 Å². The van der Waals surface area contributed by atoms with E-state index in [1.165, 1.54) is 0 Å². The number of phenolic OH excluding ortho intramolecular Hbond substituents is 1. The standard InChI is InChI=1S/C31H20N2O/c34-25-19-17-21(18-20-25)26-15-7-13-22-14-8-16-27(28(22)26)31-32-29(23-9-3-1-4-10-23)30(33-31)24-11-5-2-6-12-24/h1-20H/p+1. The summed E-state index contributed by atoms with van der Waals surface area (Å²) in [5.41, 5.74) is 6.94. The number of amidine groups is 1. The molecule has 34 heavy (non-hydrogen) atoms. The number of aliphatic imine (C=N–C) groups is 1. The van der Waals surface area contributed by atoms with Crippen LogP contribution in [0.15, 0.2) is 126 Å². The van der Waals surface area contributed by atoms with Gasteiger partial charge in [-0.3, -0.25) is 0 Å². The van der Waals surface area contributed by atoms with Crippen molar-refractivity contribution in [2.75, 3.05) is 0 Å². The minimum absolute atomic E-state index is 0.253. The molecule has 0 amide bonds. The summed E-state index contributed by atoms with van der Waals surface area (Å²) in [6, 6.07) is 40.3. The predicted octanol–water partition coefficient (Wildman–Crippen LogP) is 6.02. The Morgan fingerprint density at radius 3 is 1.82 bits per heavy atom. The van der Waals surface area contributed by atoms with E-state index >= 15 is 0 Å². The number of hydrogen-bond acceptors (Lipinski definition) is 2. The van der Waals surface area contributed by atoms with Gasteiger partial charge in [0.2, 0.25) is 5.71 Å². The number of rotatable bonds is 4. The molecule has 0 atom stereocenters. The topological polar surface area (TPSA) is 46.7 Å². The van der Waals surface area contributed by atoms with Gasteiger partial charge in [-0.15, -0.1) is 0 Å². The number of nitrogens with zero attached hydrogens (tertiary/aromatic N) is 2. The molecule has 1 aliphatic heterocycles. The SMILES string of the molecule is Oc1ccc(-c2cccc3cccc(C4=[N+]=C(c5ccccc5)C(c5ccccc5)=N4)c23)cc1. The Bertz CT molecular complexity index is 1600. The third kappa shape index (κ3) is 3.51. The number of aromatic hydroxyl groups is 1. The minimum atomic E-state index is 0.253. The van der Waals surface area contributed by atoms with Crippen LogP contribution in [-0.4, -0.2) is 22.4 Å². The van der Waals surface area contributed by atoms with Gasteiger partial charge in [0.1, 0.15) is 5.75 Å². The molecular formula is C31H21N2O+. The van der Waals surface area contributed by atoms with Crippen molar-refractivity contribution in [3.8, 4) is 16.9 Å². The van der Waals surface area contributed by atoms with Gasteiger partial charge < -0.3 is 5.11 Å². The Morgan fingerprint density at radius 1 is 0.529 bits per heavy atom. The van der Waals surface area contributed by atoms with E-state index < -0.39 is 0 Å².